The fourth-order valence-corrected chi connectivity index (χ4v) is 4.61. The van der Waals surface area contributed by atoms with Crippen LogP contribution in [-0.2, 0) is 33.5 Å². The lowest BCUT2D eigenvalue weighted by Gasteiger charge is -2.19. The van der Waals surface area contributed by atoms with Crippen LogP contribution in [0.25, 0.3) is 0 Å². The van der Waals surface area contributed by atoms with Crippen molar-refractivity contribution in [2.24, 2.45) is 5.73 Å². The third kappa shape index (κ3) is 29.9. The van der Waals surface area contributed by atoms with Gasteiger partial charge in [-0.2, -0.15) is 0 Å². The van der Waals surface area contributed by atoms with Crippen LogP contribution >= 0.6 is 0 Å². The molecule has 0 fully saturated rings. The summed E-state index contributed by atoms with van der Waals surface area (Å²) in [4.78, 5) is 72.0. The van der Waals surface area contributed by atoms with E-state index in [1.165, 1.54) is 0 Å². The van der Waals surface area contributed by atoms with Crippen molar-refractivity contribution in [3.8, 4) is 0 Å². The zero-order valence-electron chi connectivity index (χ0n) is 28.6. The SMILES string of the molecule is CCOCCCNC(=O)[C@H](CCCCNC(=O)CCCCCNC(=O)CCCCCN)NC(=O)CCC(=O)NCCCCCC(=O)O. The Labute approximate surface area is 280 Å². The van der Waals surface area contributed by atoms with Gasteiger partial charge in [-0.15, -0.1) is 0 Å². The maximum absolute atomic E-state index is 12.8. The maximum atomic E-state index is 12.8. The number of hydrogen-bond acceptors (Lipinski definition) is 8. The van der Waals surface area contributed by atoms with Crippen LogP contribution in [0.3, 0.4) is 0 Å². The Bertz CT molecular complexity index is 889. The van der Waals surface area contributed by atoms with Crippen molar-refractivity contribution >= 4 is 35.5 Å². The van der Waals surface area contributed by atoms with E-state index in [1.807, 2.05) is 6.92 Å². The maximum Gasteiger partial charge on any atom is 0.303 e. The number of hydrogen-bond donors (Lipinski definition) is 7. The summed E-state index contributed by atoms with van der Waals surface area (Å²) in [6.07, 6.45) is 10.3. The highest BCUT2D eigenvalue weighted by molar-refractivity contribution is 5.89. The number of nitrogens with one attached hydrogen (secondary N) is 5. The molecule has 0 aliphatic carbocycles. The first-order chi connectivity index (χ1) is 22.7. The van der Waals surface area contributed by atoms with Gasteiger partial charge in [0.05, 0.1) is 0 Å². The van der Waals surface area contributed by atoms with Crippen LogP contribution in [0.2, 0.25) is 0 Å². The van der Waals surface area contributed by atoms with Gasteiger partial charge >= 0.3 is 5.97 Å². The lowest BCUT2D eigenvalue weighted by molar-refractivity contribution is -0.137. The van der Waals surface area contributed by atoms with Gasteiger partial charge < -0.3 is 42.2 Å². The van der Waals surface area contributed by atoms with Crippen LogP contribution in [0, 0.1) is 0 Å². The average molecular weight is 671 g/mol. The van der Waals surface area contributed by atoms with Crippen LogP contribution < -0.4 is 32.3 Å². The summed E-state index contributed by atoms with van der Waals surface area (Å²) in [6.45, 7) is 5.57. The van der Waals surface area contributed by atoms with E-state index >= 15 is 0 Å². The van der Waals surface area contributed by atoms with Crippen LogP contribution in [0.5, 0.6) is 0 Å². The predicted octanol–water partition coefficient (Wildman–Crippen LogP) is 2.04. The van der Waals surface area contributed by atoms with Crippen molar-refractivity contribution < 1.29 is 38.6 Å². The standard InChI is InChI=1S/C33H62N6O8/c1-2-47-26-14-25-38-33(46)27(39-31(43)20-19-30(42)37-23-12-5-8-18-32(44)45)15-9-13-24-36-29(41)17-7-4-11-22-35-28(40)16-6-3-10-21-34/h27H,2-26,34H2,1H3,(H,35,40)(H,36,41)(H,37,42)(H,38,46)(H,39,43)(H,44,45)/t27-/m0/s1. The number of amides is 5. The number of rotatable bonds is 32. The van der Waals surface area contributed by atoms with E-state index in [9.17, 15) is 28.8 Å². The van der Waals surface area contributed by atoms with Gasteiger partial charge in [0, 0.05) is 71.5 Å². The fourth-order valence-electron chi connectivity index (χ4n) is 4.61. The zero-order valence-corrected chi connectivity index (χ0v) is 28.6. The summed E-state index contributed by atoms with van der Waals surface area (Å²) in [7, 11) is 0. The largest absolute Gasteiger partial charge is 0.481 e. The molecule has 0 saturated heterocycles. The number of unbranched alkanes of at least 4 members (excludes halogenated alkanes) is 7. The summed E-state index contributed by atoms with van der Waals surface area (Å²) in [6, 6.07) is -0.756. The molecule has 272 valence electrons. The smallest absolute Gasteiger partial charge is 0.303 e. The van der Waals surface area contributed by atoms with Crippen LogP contribution in [0.1, 0.15) is 122 Å². The molecule has 0 aliphatic heterocycles. The number of carboxylic acid groups (broad SMARTS) is 1. The summed E-state index contributed by atoms with van der Waals surface area (Å²) in [5.41, 5.74) is 5.45. The number of carbonyl (C=O) groups is 6. The highest BCUT2D eigenvalue weighted by Gasteiger charge is 2.20. The monoisotopic (exact) mass is 670 g/mol. The van der Waals surface area contributed by atoms with E-state index in [0.29, 0.717) is 104 Å². The Morgan fingerprint density at radius 2 is 1.06 bits per heavy atom. The highest BCUT2D eigenvalue weighted by Crippen LogP contribution is 2.05. The van der Waals surface area contributed by atoms with Gasteiger partial charge in [-0.25, -0.2) is 0 Å². The molecule has 5 amide bonds. The van der Waals surface area contributed by atoms with E-state index in [2.05, 4.69) is 26.6 Å². The molecule has 0 aromatic rings. The average Bonchev–Trinajstić information content (AvgIpc) is 3.04. The predicted molar refractivity (Wildman–Crippen MR) is 180 cm³/mol. The molecule has 0 spiro atoms. The summed E-state index contributed by atoms with van der Waals surface area (Å²) < 4.78 is 5.30. The van der Waals surface area contributed by atoms with Gasteiger partial charge in [0.15, 0.2) is 0 Å². The van der Waals surface area contributed by atoms with E-state index < -0.39 is 17.9 Å². The molecule has 47 heavy (non-hydrogen) atoms. The molecule has 0 aromatic heterocycles. The fraction of sp³-hybridized carbons (Fsp3) is 0.818. The Balaban J connectivity index is 4.31. The third-order valence-corrected chi connectivity index (χ3v) is 7.34. The van der Waals surface area contributed by atoms with Crippen molar-refractivity contribution in [1.29, 1.82) is 0 Å². The van der Waals surface area contributed by atoms with Crippen molar-refractivity contribution in [2.75, 3.05) is 45.9 Å². The Kier molecular flexibility index (Phi) is 29.2. The van der Waals surface area contributed by atoms with Crippen LogP contribution in [0.15, 0.2) is 0 Å². The summed E-state index contributed by atoms with van der Waals surface area (Å²) >= 11 is 0. The zero-order chi connectivity index (χ0) is 35.0. The Morgan fingerprint density at radius 1 is 0.574 bits per heavy atom. The van der Waals surface area contributed by atoms with Crippen molar-refractivity contribution in [1.82, 2.24) is 26.6 Å². The van der Waals surface area contributed by atoms with E-state index in [1.54, 1.807) is 0 Å². The van der Waals surface area contributed by atoms with Gasteiger partial charge in [0.2, 0.25) is 29.5 Å². The Hall–Kier alpha value is -3.26. The number of aliphatic carboxylic acids is 1. The quantitative estimate of drug-likeness (QED) is 0.0520. The minimum Gasteiger partial charge on any atom is -0.481 e. The molecule has 0 radical (unpaired) electrons. The topological polar surface area (TPSA) is 218 Å². The Morgan fingerprint density at radius 3 is 1.62 bits per heavy atom. The first-order valence-electron chi connectivity index (χ1n) is 17.6. The van der Waals surface area contributed by atoms with Gasteiger partial charge in [-0.3, -0.25) is 28.8 Å². The molecule has 14 heteroatoms. The summed E-state index contributed by atoms with van der Waals surface area (Å²) in [5, 5.41) is 22.8. The third-order valence-electron chi connectivity index (χ3n) is 7.34. The van der Waals surface area contributed by atoms with E-state index in [4.69, 9.17) is 15.6 Å². The van der Waals surface area contributed by atoms with Crippen molar-refractivity contribution in [3.63, 3.8) is 0 Å². The van der Waals surface area contributed by atoms with E-state index in [-0.39, 0.29) is 42.9 Å². The lowest BCUT2D eigenvalue weighted by Crippen LogP contribution is -2.47. The molecular formula is C33H62N6O8. The van der Waals surface area contributed by atoms with Gasteiger partial charge in [-0.05, 0) is 77.7 Å². The molecular weight excluding hydrogens is 608 g/mol. The molecule has 0 saturated carbocycles. The number of carbonyl (C=O) groups excluding carboxylic acids is 5. The second-order valence-corrected chi connectivity index (χ2v) is 11.6. The van der Waals surface area contributed by atoms with Crippen molar-refractivity contribution in [3.05, 3.63) is 0 Å². The summed E-state index contributed by atoms with van der Waals surface area (Å²) in [5.74, 6) is -1.79. The van der Waals surface area contributed by atoms with Crippen molar-refractivity contribution in [2.45, 2.75) is 129 Å². The normalized spacial score (nSPS) is 11.4. The minimum absolute atomic E-state index is 0.0139. The van der Waals surface area contributed by atoms with Gasteiger partial charge in [-0.1, -0.05) is 19.3 Å². The highest BCUT2D eigenvalue weighted by atomic mass is 16.5. The molecule has 0 aromatic carbocycles. The second kappa shape index (κ2) is 31.3. The van der Waals surface area contributed by atoms with Crippen LogP contribution in [-0.4, -0.2) is 92.6 Å². The molecule has 0 bridgehead atoms. The second-order valence-electron chi connectivity index (χ2n) is 11.6. The molecule has 0 aliphatic rings. The number of nitrogens with two attached hydrogens (primary N) is 1. The first kappa shape index (κ1) is 43.7. The number of carboxylic acids is 1. The van der Waals surface area contributed by atoms with Gasteiger partial charge in [0.1, 0.15) is 6.04 Å². The lowest BCUT2D eigenvalue weighted by atomic mass is 10.1. The van der Waals surface area contributed by atoms with Gasteiger partial charge in [0.25, 0.3) is 0 Å². The minimum atomic E-state index is -0.840. The molecule has 14 nitrogen and oxygen atoms in total. The number of ether oxygens (including phenoxy) is 1. The first-order valence-corrected chi connectivity index (χ1v) is 17.6. The molecule has 8 N–H and O–H groups in total. The van der Waals surface area contributed by atoms with Crippen LogP contribution in [0.4, 0.5) is 0 Å². The molecule has 0 unspecified atom stereocenters. The molecule has 0 rings (SSSR count). The molecule has 1 atom stereocenters. The van der Waals surface area contributed by atoms with E-state index in [0.717, 1.165) is 38.5 Å². The molecule has 0 heterocycles.